The monoisotopic (exact) mass is 322 g/mol. The van der Waals surface area contributed by atoms with Crippen LogP contribution in [0.2, 0.25) is 0 Å². The van der Waals surface area contributed by atoms with Crippen LogP contribution >= 0.6 is 0 Å². The zero-order valence-corrected chi connectivity index (χ0v) is 13.7. The Morgan fingerprint density at radius 3 is 1.90 bits per heavy atom. The van der Waals surface area contributed by atoms with Gasteiger partial charge in [-0.15, -0.1) is 6.42 Å². The first-order chi connectivity index (χ1) is 9.43. The smallest absolute Gasteiger partial charge is 0.106 e. The summed E-state index contributed by atoms with van der Waals surface area (Å²) in [4.78, 5) is 24.0. The number of carbonyl (C=O) groups excluding carboxylic acids is 3. The summed E-state index contributed by atoms with van der Waals surface area (Å²) in [6.45, 7) is 8.27. The molecule has 4 heteroatoms. The molecule has 1 aliphatic rings. The van der Waals surface area contributed by atoms with E-state index in [4.69, 9.17) is 14.4 Å². The average molecular weight is 322 g/mol. The SMILES string of the molecule is C=O.C=O.C=O.CCCCCCCCC1=[C-]CC=C1.[Mn]. The second-order valence-corrected chi connectivity index (χ2v) is 3.83. The molecule has 0 atom stereocenters. The molecule has 0 aromatic rings. The summed E-state index contributed by atoms with van der Waals surface area (Å²) >= 11 is 0. The molecule has 117 valence electrons. The van der Waals surface area contributed by atoms with Gasteiger partial charge in [0.2, 0.25) is 0 Å². The molecule has 0 saturated heterocycles. The zero-order valence-electron chi connectivity index (χ0n) is 12.5. The molecular formula is C16H27MnO3-. The van der Waals surface area contributed by atoms with Crippen molar-refractivity contribution in [2.45, 2.75) is 58.3 Å². The fourth-order valence-corrected chi connectivity index (χ4v) is 1.72. The Bertz CT molecular complexity index is 223. The summed E-state index contributed by atoms with van der Waals surface area (Å²) < 4.78 is 0. The summed E-state index contributed by atoms with van der Waals surface area (Å²) in [5, 5.41) is 0. The van der Waals surface area contributed by atoms with Gasteiger partial charge in [-0.25, -0.2) is 11.6 Å². The standard InChI is InChI=1S/C13H21.3CH2O.Mn/c1-2-3-4-5-6-7-10-13-11-8-9-12-13;3*1-2;/h8,11H,2-7,9-10H2,1H3;3*1H2;/q-1;;;;. The normalized spacial score (nSPS) is 10.3. The van der Waals surface area contributed by atoms with E-state index < -0.39 is 0 Å². The molecule has 0 saturated carbocycles. The molecule has 0 aromatic carbocycles. The van der Waals surface area contributed by atoms with Crippen LogP contribution in [0.4, 0.5) is 0 Å². The van der Waals surface area contributed by atoms with Crippen LogP contribution in [0.15, 0.2) is 17.7 Å². The fourth-order valence-electron chi connectivity index (χ4n) is 1.72. The van der Waals surface area contributed by atoms with Crippen molar-refractivity contribution in [3.63, 3.8) is 0 Å². The molecular weight excluding hydrogens is 295 g/mol. The van der Waals surface area contributed by atoms with Crippen LogP contribution in [0.5, 0.6) is 0 Å². The Morgan fingerprint density at radius 2 is 1.45 bits per heavy atom. The van der Waals surface area contributed by atoms with E-state index in [1.165, 1.54) is 50.5 Å². The van der Waals surface area contributed by atoms with Crippen molar-refractivity contribution in [3.8, 4) is 0 Å². The minimum atomic E-state index is 0. The molecule has 0 heterocycles. The maximum atomic E-state index is 8.00. The van der Waals surface area contributed by atoms with Crippen LogP contribution in [0.25, 0.3) is 0 Å². The van der Waals surface area contributed by atoms with Gasteiger partial charge in [-0.3, -0.25) is 6.08 Å². The van der Waals surface area contributed by atoms with Gasteiger partial charge in [-0.1, -0.05) is 51.9 Å². The number of hydrogen-bond donors (Lipinski definition) is 0. The first-order valence-electron chi connectivity index (χ1n) is 6.56. The van der Waals surface area contributed by atoms with E-state index in [9.17, 15) is 0 Å². The number of carbonyl (C=O) groups is 3. The predicted molar refractivity (Wildman–Crippen MR) is 79.9 cm³/mol. The van der Waals surface area contributed by atoms with Gasteiger partial charge in [0.05, 0.1) is 0 Å². The maximum absolute atomic E-state index is 8.00. The minimum Gasteiger partial charge on any atom is -0.307 e. The van der Waals surface area contributed by atoms with E-state index >= 15 is 0 Å². The Hall–Kier alpha value is -0.991. The Kier molecular flexibility index (Phi) is 42.1. The molecule has 1 aliphatic carbocycles. The van der Waals surface area contributed by atoms with Gasteiger partial charge in [0.1, 0.15) is 20.4 Å². The second-order valence-electron chi connectivity index (χ2n) is 3.83. The van der Waals surface area contributed by atoms with Crippen LogP contribution in [-0.4, -0.2) is 20.4 Å². The van der Waals surface area contributed by atoms with Gasteiger partial charge in [0.15, 0.2) is 0 Å². The molecule has 0 unspecified atom stereocenters. The second kappa shape index (κ2) is 30.8. The van der Waals surface area contributed by atoms with Gasteiger partial charge in [0, 0.05) is 17.1 Å². The minimum absolute atomic E-state index is 0. The maximum Gasteiger partial charge on any atom is 0.106 e. The Labute approximate surface area is 134 Å². The quantitative estimate of drug-likeness (QED) is 0.406. The molecule has 0 fully saturated rings. The molecule has 0 spiro atoms. The molecule has 0 aliphatic heterocycles. The van der Waals surface area contributed by atoms with Crippen molar-refractivity contribution in [2.24, 2.45) is 0 Å². The third kappa shape index (κ3) is 22.2. The van der Waals surface area contributed by atoms with Crippen molar-refractivity contribution in [3.05, 3.63) is 23.8 Å². The molecule has 1 radical (unpaired) electrons. The van der Waals surface area contributed by atoms with E-state index in [0.29, 0.717) is 0 Å². The fraction of sp³-hybridized carbons (Fsp3) is 0.562. The van der Waals surface area contributed by atoms with Crippen molar-refractivity contribution in [1.29, 1.82) is 0 Å². The summed E-state index contributed by atoms with van der Waals surface area (Å²) in [6.07, 6.45) is 18.5. The van der Waals surface area contributed by atoms with Gasteiger partial charge >= 0.3 is 0 Å². The number of hydrogen-bond acceptors (Lipinski definition) is 3. The summed E-state index contributed by atoms with van der Waals surface area (Å²) in [6, 6.07) is 0. The third-order valence-corrected chi connectivity index (χ3v) is 2.57. The largest absolute Gasteiger partial charge is 0.307 e. The molecule has 0 aromatic heterocycles. The topological polar surface area (TPSA) is 51.2 Å². The molecule has 0 N–H and O–H groups in total. The first-order valence-corrected chi connectivity index (χ1v) is 6.56. The summed E-state index contributed by atoms with van der Waals surface area (Å²) in [5.74, 6) is 0. The Balaban J connectivity index is -0.000000162. The van der Waals surface area contributed by atoms with E-state index in [1.54, 1.807) is 0 Å². The number of unbranched alkanes of at least 4 members (excludes halogenated alkanes) is 5. The van der Waals surface area contributed by atoms with Crippen molar-refractivity contribution < 1.29 is 31.5 Å². The van der Waals surface area contributed by atoms with E-state index in [2.05, 4.69) is 25.2 Å². The van der Waals surface area contributed by atoms with Crippen LogP contribution in [0, 0.1) is 6.08 Å². The molecule has 3 nitrogen and oxygen atoms in total. The van der Waals surface area contributed by atoms with E-state index in [0.717, 1.165) is 6.42 Å². The average Bonchev–Trinajstić information content (AvgIpc) is 3.02. The third-order valence-electron chi connectivity index (χ3n) is 2.57. The van der Waals surface area contributed by atoms with Crippen molar-refractivity contribution in [2.75, 3.05) is 0 Å². The van der Waals surface area contributed by atoms with Gasteiger partial charge in [-0.05, 0) is 0 Å². The molecule has 1 rings (SSSR count). The summed E-state index contributed by atoms with van der Waals surface area (Å²) in [7, 11) is 0. The number of allylic oxidation sites excluding steroid dienone is 4. The van der Waals surface area contributed by atoms with Crippen LogP contribution in [-0.2, 0) is 31.5 Å². The van der Waals surface area contributed by atoms with Crippen molar-refractivity contribution >= 4 is 20.4 Å². The summed E-state index contributed by atoms with van der Waals surface area (Å²) in [5.41, 5.74) is 1.44. The first kappa shape index (κ1) is 27.4. The molecule has 20 heavy (non-hydrogen) atoms. The Morgan fingerprint density at radius 1 is 0.950 bits per heavy atom. The van der Waals surface area contributed by atoms with E-state index in [1.807, 2.05) is 20.4 Å². The van der Waals surface area contributed by atoms with Gasteiger partial charge < -0.3 is 14.4 Å². The predicted octanol–water partition coefficient (Wildman–Crippen LogP) is 3.87. The van der Waals surface area contributed by atoms with E-state index in [-0.39, 0.29) is 17.1 Å². The molecule has 0 amide bonds. The van der Waals surface area contributed by atoms with Crippen LogP contribution in [0.3, 0.4) is 0 Å². The molecule has 0 bridgehead atoms. The van der Waals surface area contributed by atoms with Crippen LogP contribution < -0.4 is 0 Å². The van der Waals surface area contributed by atoms with Crippen LogP contribution in [0.1, 0.15) is 58.3 Å². The number of rotatable bonds is 7. The zero-order chi connectivity index (χ0) is 15.4. The van der Waals surface area contributed by atoms with Gasteiger partial charge in [-0.2, -0.15) is 6.08 Å². The van der Waals surface area contributed by atoms with Gasteiger partial charge in [0.25, 0.3) is 0 Å². The van der Waals surface area contributed by atoms with Crippen molar-refractivity contribution in [1.82, 2.24) is 0 Å².